The Balaban J connectivity index is 1.52. The van der Waals surface area contributed by atoms with E-state index in [1.54, 1.807) is 13.2 Å². The Morgan fingerprint density at radius 2 is 1.78 bits per heavy atom. The summed E-state index contributed by atoms with van der Waals surface area (Å²) < 4.78 is 5.14. The quantitative estimate of drug-likeness (QED) is 0.836. The van der Waals surface area contributed by atoms with Crippen molar-refractivity contribution in [2.75, 3.05) is 7.11 Å². The molecule has 1 unspecified atom stereocenters. The van der Waals surface area contributed by atoms with Crippen LogP contribution in [0.1, 0.15) is 51.0 Å². The number of benzene rings is 1. The van der Waals surface area contributed by atoms with E-state index in [0.717, 1.165) is 23.3 Å². The third-order valence-electron chi connectivity index (χ3n) is 6.65. The molecule has 1 N–H and O–H groups in total. The number of phenolic OH excluding ortho intramolecular Hbond substituents is 1. The van der Waals surface area contributed by atoms with Crippen LogP contribution in [0.2, 0.25) is 0 Å². The second kappa shape index (κ2) is 5.54. The van der Waals surface area contributed by atoms with Crippen molar-refractivity contribution >= 4 is 6.21 Å². The van der Waals surface area contributed by atoms with E-state index in [4.69, 9.17) is 9.73 Å². The molecule has 1 atom stereocenters. The fourth-order valence-electron chi connectivity index (χ4n) is 5.80. The Morgan fingerprint density at radius 1 is 1.17 bits per heavy atom. The van der Waals surface area contributed by atoms with Crippen molar-refractivity contribution in [3.63, 3.8) is 0 Å². The Hall–Kier alpha value is -1.51. The van der Waals surface area contributed by atoms with Crippen LogP contribution in [0.15, 0.2) is 23.2 Å². The normalized spacial score (nSPS) is 36.5. The molecule has 0 spiro atoms. The van der Waals surface area contributed by atoms with Crippen LogP contribution >= 0.6 is 0 Å². The number of hydrogen-bond donors (Lipinski definition) is 1. The molecular formula is C20H27NO2. The highest BCUT2D eigenvalue weighted by molar-refractivity contribution is 5.83. The zero-order valence-corrected chi connectivity index (χ0v) is 14.2. The van der Waals surface area contributed by atoms with E-state index in [0.29, 0.717) is 17.2 Å². The van der Waals surface area contributed by atoms with Crippen LogP contribution in [-0.2, 0) is 0 Å². The fourth-order valence-corrected chi connectivity index (χ4v) is 5.80. The third kappa shape index (κ3) is 2.64. The Morgan fingerprint density at radius 3 is 2.30 bits per heavy atom. The number of rotatable bonds is 4. The maximum atomic E-state index is 10.1. The SMILES string of the molecule is COc1ccc(C=NC(C)C23CC4CC(CC(C4)C2)C3)c(O)c1. The van der Waals surface area contributed by atoms with Gasteiger partial charge < -0.3 is 9.84 Å². The van der Waals surface area contributed by atoms with E-state index in [1.165, 1.54) is 38.5 Å². The average Bonchev–Trinajstić information content (AvgIpc) is 2.52. The monoisotopic (exact) mass is 313 g/mol. The molecule has 3 nitrogen and oxygen atoms in total. The molecule has 4 aliphatic carbocycles. The Labute approximate surface area is 138 Å². The maximum absolute atomic E-state index is 10.1. The molecule has 23 heavy (non-hydrogen) atoms. The first-order chi connectivity index (χ1) is 11.1. The molecule has 4 aliphatic rings. The zero-order valence-electron chi connectivity index (χ0n) is 14.2. The van der Waals surface area contributed by atoms with Crippen LogP contribution in [-0.4, -0.2) is 24.5 Å². The number of phenols is 1. The minimum atomic E-state index is 0.241. The number of hydrogen-bond acceptors (Lipinski definition) is 3. The molecule has 124 valence electrons. The molecular weight excluding hydrogens is 286 g/mol. The first-order valence-electron chi connectivity index (χ1n) is 8.98. The molecule has 4 saturated carbocycles. The summed E-state index contributed by atoms with van der Waals surface area (Å²) in [5, 5.41) is 10.1. The molecule has 0 radical (unpaired) electrons. The van der Waals surface area contributed by atoms with Gasteiger partial charge in [-0.2, -0.15) is 0 Å². The van der Waals surface area contributed by atoms with Crippen molar-refractivity contribution in [2.45, 2.75) is 51.5 Å². The van der Waals surface area contributed by atoms with Crippen molar-refractivity contribution < 1.29 is 9.84 Å². The van der Waals surface area contributed by atoms with E-state index < -0.39 is 0 Å². The summed E-state index contributed by atoms with van der Waals surface area (Å²) in [5.74, 6) is 3.77. The summed E-state index contributed by atoms with van der Waals surface area (Å²) in [6.45, 7) is 2.28. The lowest BCUT2D eigenvalue weighted by Crippen LogP contribution is -2.50. The van der Waals surface area contributed by atoms with E-state index in [-0.39, 0.29) is 5.75 Å². The fraction of sp³-hybridized carbons (Fsp3) is 0.650. The number of nitrogens with zero attached hydrogens (tertiary/aromatic N) is 1. The highest BCUT2D eigenvalue weighted by Crippen LogP contribution is 2.61. The van der Waals surface area contributed by atoms with Gasteiger partial charge in [-0.3, -0.25) is 4.99 Å². The van der Waals surface area contributed by atoms with E-state index in [2.05, 4.69) is 6.92 Å². The summed E-state index contributed by atoms with van der Waals surface area (Å²) in [7, 11) is 1.61. The summed E-state index contributed by atoms with van der Waals surface area (Å²) in [4.78, 5) is 4.87. The third-order valence-corrected chi connectivity index (χ3v) is 6.65. The van der Waals surface area contributed by atoms with Crippen molar-refractivity contribution in [3.8, 4) is 11.5 Å². The average molecular weight is 313 g/mol. The number of methoxy groups -OCH3 is 1. The second-order valence-electron chi connectivity index (χ2n) is 8.16. The van der Waals surface area contributed by atoms with Crippen LogP contribution in [0.4, 0.5) is 0 Å². The van der Waals surface area contributed by atoms with Crippen molar-refractivity contribution in [1.82, 2.24) is 0 Å². The van der Waals surface area contributed by atoms with Crippen LogP contribution in [0.25, 0.3) is 0 Å². The zero-order chi connectivity index (χ0) is 16.0. The molecule has 0 aromatic heterocycles. The van der Waals surface area contributed by atoms with Gasteiger partial charge >= 0.3 is 0 Å². The van der Waals surface area contributed by atoms with Crippen LogP contribution in [0, 0.1) is 23.2 Å². The van der Waals surface area contributed by atoms with Gasteiger partial charge in [0.2, 0.25) is 0 Å². The standard InChI is InChI=1S/C20H27NO2/c1-13(21-12-17-3-4-18(23-2)8-19(17)22)20-9-14-5-15(10-20)7-16(6-14)11-20/h3-4,8,12-16,22H,5-7,9-11H2,1-2H3. The predicted octanol–water partition coefficient (Wildman–Crippen LogP) is 4.42. The van der Waals surface area contributed by atoms with Gasteiger partial charge in [0.25, 0.3) is 0 Å². The molecule has 0 heterocycles. The van der Waals surface area contributed by atoms with Gasteiger partial charge in [-0.15, -0.1) is 0 Å². The van der Waals surface area contributed by atoms with Crippen LogP contribution in [0.5, 0.6) is 11.5 Å². The Bertz CT molecular complexity index is 587. The molecule has 3 heteroatoms. The summed E-state index contributed by atoms with van der Waals surface area (Å²) in [6.07, 6.45) is 10.4. The highest BCUT2D eigenvalue weighted by Gasteiger charge is 2.53. The molecule has 1 aromatic carbocycles. The van der Waals surface area contributed by atoms with Gasteiger partial charge in [-0.05, 0) is 80.8 Å². The van der Waals surface area contributed by atoms with Crippen LogP contribution < -0.4 is 4.74 Å². The summed E-state index contributed by atoms with van der Waals surface area (Å²) >= 11 is 0. The predicted molar refractivity (Wildman–Crippen MR) is 92.3 cm³/mol. The minimum Gasteiger partial charge on any atom is -0.507 e. The maximum Gasteiger partial charge on any atom is 0.128 e. The molecule has 0 aliphatic heterocycles. The largest absolute Gasteiger partial charge is 0.507 e. The highest BCUT2D eigenvalue weighted by atomic mass is 16.5. The first kappa shape index (κ1) is 15.0. The van der Waals surface area contributed by atoms with E-state index in [9.17, 15) is 5.11 Å². The summed E-state index contributed by atoms with van der Waals surface area (Å²) in [6, 6.07) is 5.74. The van der Waals surface area contributed by atoms with Crippen molar-refractivity contribution in [2.24, 2.45) is 28.2 Å². The van der Waals surface area contributed by atoms with Crippen molar-refractivity contribution in [3.05, 3.63) is 23.8 Å². The number of aliphatic imine (C=N–C) groups is 1. The van der Waals surface area contributed by atoms with Crippen LogP contribution in [0.3, 0.4) is 0 Å². The van der Waals surface area contributed by atoms with E-state index >= 15 is 0 Å². The van der Waals surface area contributed by atoms with Gasteiger partial charge in [-0.1, -0.05) is 0 Å². The first-order valence-corrected chi connectivity index (χ1v) is 8.98. The smallest absolute Gasteiger partial charge is 0.128 e. The minimum absolute atomic E-state index is 0.241. The van der Waals surface area contributed by atoms with Gasteiger partial charge in [-0.25, -0.2) is 0 Å². The Kier molecular flexibility index (Phi) is 3.62. The molecule has 4 bridgehead atoms. The van der Waals surface area contributed by atoms with Gasteiger partial charge in [0, 0.05) is 17.8 Å². The van der Waals surface area contributed by atoms with E-state index in [1.807, 2.05) is 18.3 Å². The lowest BCUT2D eigenvalue weighted by molar-refractivity contribution is -0.0632. The van der Waals surface area contributed by atoms with Gasteiger partial charge in [0.1, 0.15) is 11.5 Å². The molecule has 1 aromatic rings. The molecule has 0 saturated heterocycles. The lowest BCUT2D eigenvalue weighted by Gasteiger charge is -2.58. The topological polar surface area (TPSA) is 41.8 Å². The second-order valence-corrected chi connectivity index (χ2v) is 8.16. The van der Waals surface area contributed by atoms with Gasteiger partial charge in [0.05, 0.1) is 13.2 Å². The lowest BCUT2D eigenvalue weighted by atomic mass is 9.48. The molecule has 4 fully saturated rings. The number of aromatic hydroxyl groups is 1. The summed E-state index contributed by atoms with van der Waals surface area (Å²) in [5.41, 5.74) is 1.20. The van der Waals surface area contributed by atoms with Crippen molar-refractivity contribution in [1.29, 1.82) is 0 Å². The number of ether oxygens (including phenoxy) is 1. The molecule has 5 rings (SSSR count). The molecule has 0 amide bonds. The van der Waals surface area contributed by atoms with Gasteiger partial charge in [0.15, 0.2) is 0 Å².